The summed E-state index contributed by atoms with van der Waals surface area (Å²) in [5.41, 5.74) is 6.40. The molecule has 0 fully saturated rings. The van der Waals surface area contributed by atoms with Crippen molar-refractivity contribution >= 4 is 17.4 Å². The molecule has 1 amide bonds. The SMILES string of the molecule is N/C(COc1cccc(NC(=O)c2ccncc2)c1)=N\O. The van der Waals surface area contributed by atoms with Crippen molar-refractivity contribution < 1.29 is 14.7 Å². The molecule has 0 spiro atoms. The molecule has 0 bridgehead atoms. The Kier molecular flexibility index (Phi) is 4.70. The van der Waals surface area contributed by atoms with Gasteiger partial charge in [-0.2, -0.15) is 0 Å². The largest absolute Gasteiger partial charge is 0.485 e. The van der Waals surface area contributed by atoms with Gasteiger partial charge < -0.3 is 21.0 Å². The van der Waals surface area contributed by atoms with Crippen LogP contribution in [0.2, 0.25) is 0 Å². The van der Waals surface area contributed by atoms with Gasteiger partial charge >= 0.3 is 0 Å². The normalized spacial score (nSPS) is 11.0. The second-order valence-electron chi connectivity index (χ2n) is 4.10. The molecule has 2 aromatic rings. The minimum absolute atomic E-state index is 0.0405. The van der Waals surface area contributed by atoms with Gasteiger partial charge in [0.15, 0.2) is 5.84 Å². The molecule has 2 rings (SSSR count). The zero-order valence-electron chi connectivity index (χ0n) is 11.1. The maximum Gasteiger partial charge on any atom is 0.255 e. The molecule has 0 aliphatic carbocycles. The summed E-state index contributed by atoms with van der Waals surface area (Å²) in [5, 5.41) is 14.0. The van der Waals surface area contributed by atoms with Crippen molar-refractivity contribution in [3.63, 3.8) is 0 Å². The quantitative estimate of drug-likeness (QED) is 0.333. The molecule has 0 radical (unpaired) electrons. The number of oxime groups is 1. The Morgan fingerprint density at radius 3 is 2.81 bits per heavy atom. The molecule has 0 aliphatic heterocycles. The lowest BCUT2D eigenvalue weighted by Crippen LogP contribution is -2.20. The molecule has 108 valence electrons. The van der Waals surface area contributed by atoms with Gasteiger partial charge in [0.2, 0.25) is 0 Å². The first-order valence-corrected chi connectivity index (χ1v) is 6.09. The average Bonchev–Trinajstić information content (AvgIpc) is 2.53. The number of rotatable bonds is 5. The van der Waals surface area contributed by atoms with Crippen LogP contribution in [0.5, 0.6) is 5.75 Å². The number of nitrogens with two attached hydrogens (primary N) is 1. The predicted molar refractivity (Wildman–Crippen MR) is 77.5 cm³/mol. The van der Waals surface area contributed by atoms with Crippen molar-refractivity contribution in [1.82, 2.24) is 4.98 Å². The molecule has 1 heterocycles. The number of anilines is 1. The molecule has 0 atom stereocenters. The van der Waals surface area contributed by atoms with E-state index in [2.05, 4.69) is 15.5 Å². The van der Waals surface area contributed by atoms with E-state index in [1.165, 1.54) is 0 Å². The molecule has 0 saturated heterocycles. The highest BCUT2D eigenvalue weighted by Gasteiger charge is 2.06. The van der Waals surface area contributed by atoms with Crippen LogP contribution in [0.25, 0.3) is 0 Å². The van der Waals surface area contributed by atoms with Gasteiger partial charge in [-0.25, -0.2) is 0 Å². The fourth-order valence-electron chi connectivity index (χ4n) is 1.56. The summed E-state index contributed by atoms with van der Waals surface area (Å²) in [6, 6.07) is 10.0. The van der Waals surface area contributed by atoms with Crippen LogP contribution in [0, 0.1) is 0 Å². The van der Waals surface area contributed by atoms with Gasteiger partial charge in [-0.1, -0.05) is 11.2 Å². The van der Waals surface area contributed by atoms with Gasteiger partial charge in [0.25, 0.3) is 5.91 Å². The predicted octanol–water partition coefficient (Wildman–Crippen LogP) is 1.46. The molecule has 7 heteroatoms. The number of hydrogen-bond donors (Lipinski definition) is 3. The summed E-state index contributed by atoms with van der Waals surface area (Å²) < 4.78 is 5.31. The molecular formula is C14H14N4O3. The third-order valence-corrected chi connectivity index (χ3v) is 2.55. The first kappa shape index (κ1) is 14.3. The van der Waals surface area contributed by atoms with Gasteiger partial charge in [-0.05, 0) is 24.3 Å². The fraction of sp³-hybridized carbons (Fsp3) is 0.0714. The number of nitrogens with zero attached hydrogens (tertiary/aromatic N) is 2. The van der Waals surface area contributed by atoms with Crippen LogP contribution in [0.4, 0.5) is 5.69 Å². The van der Waals surface area contributed by atoms with Crippen LogP contribution in [0.1, 0.15) is 10.4 Å². The number of hydrogen-bond acceptors (Lipinski definition) is 5. The van der Waals surface area contributed by atoms with Crippen LogP contribution in [-0.4, -0.2) is 28.5 Å². The summed E-state index contributed by atoms with van der Waals surface area (Å²) in [6.07, 6.45) is 3.09. The maximum absolute atomic E-state index is 12.0. The summed E-state index contributed by atoms with van der Waals surface area (Å²) in [7, 11) is 0. The van der Waals surface area contributed by atoms with E-state index in [1.807, 2.05) is 0 Å². The summed E-state index contributed by atoms with van der Waals surface area (Å²) >= 11 is 0. The summed E-state index contributed by atoms with van der Waals surface area (Å²) in [6.45, 7) is -0.0434. The van der Waals surface area contributed by atoms with Crippen molar-refractivity contribution in [3.05, 3.63) is 54.4 Å². The Morgan fingerprint density at radius 1 is 1.33 bits per heavy atom. The molecule has 7 nitrogen and oxygen atoms in total. The highest BCUT2D eigenvalue weighted by atomic mass is 16.5. The van der Waals surface area contributed by atoms with E-state index in [0.717, 1.165) is 0 Å². The number of pyridine rings is 1. The second-order valence-corrected chi connectivity index (χ2v) is 4.10. The van der Waals surface area contributed by atoms with Gasteiger partial charge in [0.05, 0.1) is 0 Å². The van der Waals surface area contributed by atoms with E-state index in [1.54, 1.807) is 48.8 Å². The van der Waals surface area contributed by atoms with Gasteiger partial charge in [-0.15, -0.1) is 0 Å². The first-order valence-electron chi connectivity index (χ1n) is 6.09. The van der Waals surface area contributed by atoms with Crippen molar-refractivity contribution in [2.24, 2.45) is 10.9 Å². The Balaban J connectivity index is 2.02. The smallest absolute Gasteiger partial charge is 0.255 e. The molecular weight excluding hydrogens is 272 g/mol. The molecule has 1 aromatic heterocycles. The van der Waals surface area contributed by atoms with E-state index in [0.29, 0.717) is 17.0 Å². The first-order chi connectivity index (χ1) is 10.2. The van der Waals surface area contributed by atoms with Crippen LogP contribution >= 0.6 is 0 Å². The van der Waals surface area contributed by atoms with Crippen LogP contribution in [-0.2, 0) is 0 Å². The van der Waals surface area contributed by atoms with Crippen LogP contribution < -0.4 is 15.8 Å². The number of nitrogens with one attached hydrogen (secondary N) is 1. The molecule has 0 unspecified atom stereocenters. The minimum atomic E-state index is -0.244. The molecule has 0 aliphatic rings. The number of carbonyl (C=O) groups is 1. The lowest BCUT2D eigenvalue weighted by molar-refractivity contribution is 0.102. The van der Waals surface area contributed by atoms with Crippen molar-refractivity contribution in [2.75, 3.05) is 11.9 Å². The lowest BCUT2D eigenvalue weighted by atomic mass is 10.2. The Labute approximate surface area is 121 Å². The number of ether oxygens (including phenoxy) is 1. The third-order valence-electron chi connectivity index (χ3n) is 2.55. The van der Waals surface area contributed by atoms with Gasteiger partial charge in [0, 0.05) is 29.7 Å². The molecule has 0 saturated carbocycles. The van der Waals surface area contributed by atoms with Crippen LogP contribution in [0.15, 0.2) is 53.9 Å². The van der Waals surface area contributed by atoms with E-state index in [9.17, 15) is 4.79 Å². The zero-order chi connectivity index (χ0) is 15.1. The van der Waals surface area contributed by atoms with Gasteiger partial charge in [-0.3, -0.25) is 9.78 Å². The summed E-state index contributed by atoms with van der Waals surface area (Å²) in [4.78, 5) is 15.8. The molecule has 1 aromatic carbocycles. The van der Waals surface area contributed by atoms with Crippen molar-refractivity contribution in [2.45, 2.75) is 0 Å². The lowest BCUT2D eigenvalue weighted by Gasteiger charge is -2.08. The van der Waals surface area contributed by atoms with E-state index >= 15 is 0 Å². The number of amides is 1. The van der Waals surface area contributed by atoms with Crippen LogP contribution in [0.3, 0.4) is 0 Å². The molecule has 4 N–H and O–H groups in total. The third kappa shape index (κ3) is 4.20. The highest BCUT2D eigenvalue weighted by molar-refractivity contribution is 6.04. The second kappa shape index (κ2) is 6.90. The van der Waals surface area contributed by atoms with Crippen molar-refractivity contribution in [1.29, 1.82) is 0 Å². The number of carbonyl (C=O) groups excluding carboxylic acids is 1. The Hall–Kier alpha value is -3.09. The van der Waals surface area contributed by atoms with Gasteiger partial charge in [0.1, 0.15) is 12.4 Å². The monoisotopic (exact) mass is 286 g/mol. The maximum atomic E-state index is 12.0. The minimum Gasteiger partial charge on any atom is -0.485 e. The van der Waals surface area contributed by atoms with E-state index in [-0.39, 0.29) is 18.3 Å². The number of benzene rings is 1. The Bertz CT molecular complexity index is 644. The summed E-state index contributed by atoms with van der Waals surface area (Å²) in [5.74, 6) is 0.210. The number of aromatic nitrogens is 1. The molecule has 21 heavy (non-hydrogen) atoms. The van der Waals surface area contributed by atoms with Crippen molar-refractivity contribution in [3.8, 4) is 5.75 Å². The average molecular weight is 286 g/mol. The fourth-order valence-corrected chi connectivity index (χ4v) is 1.56. The zero-order valence-corrected chi connectivity index (χ0v) is 11.1. The standard InChI is InChI=1S/C14H14N4O3/c15-13(18-20)9-21-12-3-1-2-11(8-12)17-14(19)10-4-6-16-7-5-10/h1-8,20H,9H2,(H2,15,18)(H,17,19). The highest BCUT2D eigenvalue weighted by Crippen LogP contribution is 2.18. The topological polar surface area (TPSA) is 110 Å². The van der Waals surface area contributed by atoms with E-state index in [4.69, 9.17) is 15.7 Å². The Morgan fingerprint density at radius 2 is 2.10 bits per heavy atom. The number of amidine groups is 1. The van der Waals surface area contributed by atoms with E-state index < -0.39 is 0 Å².